The fourth-order valence-electron chi connectivity index (χ4n) is 4.27. The number of benzene rings is 2. The zero-order valence-corrected chi connectivity index (χ0v) is 19.6. The molecule has 0 spiro atoms. The van der Waals surface area contributed by atoms with Crippen molar-refractivity contribution in [2.75, 3.05) is 18.1 Å². The van der Waals surface area contributed by atoms with Crippen LogP contribution in [0.4, 0.5) is 4.79 Å². The smallest absolute Gasteiger partial charge is 0.325 e. The Balaban J connectivity index is 1.56. The number of amides is 4. The van der Waals surface area contributed by atoms with Crippen LogP contribution in [-0.2, 0) is 31.5 Å². The topological polar surface area (TPSA) is 104 Å². The van der Waals surface area contributed by atoms with Gasteiger partial charge in [-0.2, -0.15) is 0 Å². The molecule has 2 aliphatic rings. The Labute approximate surface area is 197 Å². The van der Waals surface area contributed by atoms with E-state index in [1.165, 1.54) is 4.90 Å². The van der Waals surface area contributed by atoms with Gasteiger partial charge >= 0.3 is 6.03 Å². The van der Waals surface area contributed by atoms with Crippen LogP contribution in [0.1, 0.15) is 24.5 Å². The van der Waals surface area contributed by atoms with Crippen LogP contribution >= 0.6 is 11.6 Å². The molecular weight excluding hydrogens is 466 g/mol. The fourth-order valence-corrected chi connectivity index (χ4v) is 6.12. The maximum absolute atomic E-state index is 13.3. The van der Waals surface area contributed by atoms with E-state index in [0.29, 0.717) is 17.0 Å². The Morgan fingerprint density at radius 2 is 1.82 bits per heavy atom. The largest absolute Gasteiger partial charge is 0.333 e. The molecule has 2 aromatic carbocycles. The quantitative estimate of drug-likeness (QED) is 0.627. The summed E-state index contributed by atoms with van der Waals surface area (Å²) in [6.07, 6.45) is 0.323. The predicted molar refractivity (Wildman–Crippen MR) is 123 cm³/mol. The van der Waals surface area contributed by atoms with Crippen molar-refractivity contribution >= 4 is 39.3 Å². The summed E-state index contributed by atoms with van der Waals surface area (Å²) < 4.78 is 24.1. The first-order chi connectivity index (χ1) is 15.6. The molecule has 2 heterocycles. The normalized spacial score (nSPS) is 24.1. The van der Waals surface area contributed by atoms with Gasteiger partial charge in [0.15, 0.2) is 9.84 Å². The summed E-state index contributed by atoms with van der Waals surface area (Å²) in [6, 6.07) is 14.6. The van der Waals surface area contributed by atoms with E-state index in [-0.39, 0.29) is 18.1 Å². The number of hydrogen-bond acceptors (Lipinski definition) is 5. The number of sulfone groups is 1. The molecule has 10 heteroatoms. The SMILES string of the molecule is C[C@@]1(c2ccc(Cl)cc2)NC(=O)N(CC(=O)N(Cc2ccccc2)[C@H]2CCS(=O)(=O)C2)C1=O. The van der Waals surface area contributed by atoms with Crippen LogP contribution in [0.15, 0.2) is 54.6 Å². The Hall–Kier alpha value is -2.91. The van der Waals surface area contributed by atoms with E-state index in [2.05, 4.69) is 5.32 Å². The Morgan fingerprint density at radius 1 is 1.15 bits per heavy atom. The first kappa shape index (κ1) is 23.3. The summed E-state index contributed by atoms with van der Waals surface area (Å²) in [5.74, 6) is -1.16. The zero-order valence-electron chi connectivity index (χ0n) is 18.0. The molecule has 2 aromatic rings. The average molecular weight is 490 g/mol. The molecule has 0 saturated carbocycles. The van der Waals surface area contributed by atoms with Gasteiger partial charge in [0.05, 0.1) is 11.5 Å². The average Bonchev–Trinajstić information content (AvgIpc) is 3.24. The molecule has 2 aliphatic heterocycles. The van der Waals surface area contributed by atoms with Gasteiger partial charge in [-0.1, -0.05) is 54.1 Å². The number of hydrogen-bond donors (Lipinski definition) is 1. The Morgan fingerprint density at radius 3 is 2.42 bits per heavy atom. The standard InChI is InChI=1S/C23H24ClN3O5S/c1-23(17-7-9-18(24)10-8-17)21(29)27(22(30)25-23)14-20(28)26(13-16-5-3-2-4-6-16)19-11-12-33(31,32)15-19/h2-10,19H,11-15H2,1H3,(H,25,30)/t19-,23-/m0/s1. The number of imide groups is 1. The molecule has 4 amide bonds. The molecule has 2 fully saturated rings. The minimum absolute atomic E-state index is 0.00794. The number of halogens is 1. The highest BCUT2D eigenvalue weighted by Gasteiger charge is 2.50. The van der Waals surface area contributed by atoms with Crippen LogP contribution in [0.2, 0.25) is 5.02 Å². The summed E-state index contributed by atoms with van der Waals surface area (Å²) in [5, 5.41) is 3.16. The fraction of sp³-hybridized carbons (Fsp3) is 0.348. The summed E-state index contributed by atoms with van der Waals surface area (Å²) >= 11 is 5.93. The van der Waals surface area contributed by atoms with Crippen LogP contribution < -0.4 is 5.32 Å². The lowest BCUT2D eigenvalue weighted by Gasteiger charge is -2.30. The van der Waals surface area contributed by atoms with Gasteiger partial charge < -0.3 is 10.2 Å². The highest BCUT2D eigenvalue weighted by Crippen LogP contribution is 2.30. The van der Waals surface area contributed by atoms with Crippen molar-refractivity contribution in [2.45, 2.75) is 31.5 Å². The van der Waals surface area contributed by atoms with E-state index in [0.717, 1.165) is 10.5 Å². The van der Waals surface area contributed by atoms with Gasteiger partial charge in [0.1, 0.15) is 12.1 Å². The number of rotatable bonds is 6. The van der Waals surface area contributed by atoms with Crippen molar-refractivity contribution < 1.29 is 22.8 Å². The number of urea groups is 1. The monoisotopic (exact) mass is 489 g/mol. The van der Waals surface area contributed by atoms with Crippen LogP contribution in [-0.4, -0.2) is 60.2 Å². The first-order valence-electron chi connectivity index (χ1n) is 10.5. The van der Waals surface area contributed by atoms with E-state index < -0.39 is 45.8 Å². The third-order valence-electron chi connectivity index (χ3n) is 6.16. The van der Waals surface area contributed by atoms with E-state index in [1.54, 1.807) is 31.2 Å². The van der Waals surface area contributed by atoms with Crippen molar-refractivity contribution in [2.24, 2.45) is 0 Å². The highest BCUT2D eigenvalue weighted by molar-refractivity contribution is 7.91. The third kappa shape index (κ3) is 4.74. The van der Waals surface area contributed by atoms with Gasteiger partial charge in [-0.25, -0.2) is 13.2 Å². The van der Waals surface area contributed by atoms with Crippen molar-refractivity contribution in [1.29, 1.82) is 0 Å². The van der Waals surface area contributed by atoms with Gasteiger partial charge in [0.2, 0.25) is 5.91 Å². The highest BCUT2D eigenvalue weighted by atomic mass is 35.5. The lowest BCUT2D eigenvalue weighted by molar-refractivity contribution is -0.140. The van der Waals surface area contributed by atoms with Crippen molar-refractivity contribution in [1.82, 2.24) is 15.1 Å². The zero-order chi connectivity index (χ0) is 23.8. The van der Waals surface area contributed by atoms with E-state index in [9.17, 15) is 22.8 Å². The predicted octanol–water partition coefficient (Wildman–Crippen LogP) is 2.32. The van der Waals surface area contributed by atoms with E-state index in [4.69, 9.17) is 11.6 Å². The molecule has 2 atom stereocenters. The van der Waals surface area contributed by atoms with Crippen LogP contribution in [0.25, 0.3) is 0 Å². The molecule has 1 N–H and O–H groups in total. The van der Waals surface area contributed by atoms with Crippen LogP contribution in [0, 0.1) is 0 Å². The molecule has 0 aliphatic carbocycles. The molecular formula is C23H24ClN3O5S. The minimum atomic E-state index is -3.24. The number of nitrogens with one attached hydrogen (secondary N) is 1. The van der Waals surface area contributed by atoms with Crippen molar-refractivity contribution in [3.8, 4) is 0 Å². The molecule has 0 bridgehead atoms. The molecule has 33 heavy (non-hydrogen) atoms. The van der Waals surface area contributed by atoms with Crippen molar-refractivity contribution in [3.05, 3.63) is 70.7 Å². The summed E-state index contributed by atoms with van der Waals surface area (Å²) in [7, 11) is -3.24. The lowest BCUT2D eigenvalue weighted by atomic mass is 9.92. The maximum Gasteiger partial charge on any atom is 0.325 e. The van der Waals surface area contributed by atoms with Crippen LogP contribution in [0.5, 0.6) is 0 Å². The van der Waals surface area contributed by atoms with Gasteiger partial charge in [0, 0.05) is 17.6 Å². The third-order valence-corrected chi connectivity index (χ3v) is 8.16. The Kier molecular flexibility index (Phi) is 6.20. The second-order valence-corrected chi connectivity index (χ2v) is 11.2. The molecule has 8 nitrogen and oxygen atoms in total. The number of carbonyl (C=O) groups is 3. The van der Waals surface area contributed by atoms with Gasteiger partial charge in [-0.3, -0.25) is 14.5 Å². The van der Waals surface area contributed by atoms with Gasteiger partial charge in [-0.05, 0) is 36.6 Å². The van der Waals surface area contributed by atoms with E-state index in [1.807, 2.05) is 30.3 Å². The molecule has 4 rings (SSSR count). The summed E-state index contributed by atoms with van der Waals surface area (Å²) in [6.45, 7) is 1.29. The maximum atomic E-state index is 13.3. The van der Waals surface area contributed by atoms with E-state index >= 15 is 0 Å². The number of carbonyl (C=O) groups excluding carboxylic acids is 3. The molecule has 0 aromatic heterocycles. The summed E-state index contributed by atoms with van der Waals surface area (Å²) in [5.41, 5.74) is 0.0460. The molecule has 174 valence electrons. The van der Waals surface area contributed by atoms with Crippen LogP contribution in [0.3, 0.4) is 0 Å². The van der Waals surface area contributed by atoms with Gasteiger partial charge in [0.25, 0.3) is 5.91 Å². The number of nitrogens with zero attached hydrogens (tertiary/aromatic N) is 2. The second-order valence-electron chi connectivity index (χ2n) is 8.52. The Bertz CT molecular complexity index is 1190. The second kappa shape index (κ2) is 8.79. The minimum Gasteiger partial charge on any atom is -0.333 e. The van der Waals surface area contributed by atoms with Crippen molar-refractivity contribution in [3.63, 3.8) is 0 Å². The molecule has 0 radical (unpaired) electrons. The first-order valence-corrected chi connectivity index (χ1v) is 12.7. The molecule has 0 unspecified atom stereocenters. The molecule has 2 saturated heterocycles. The lowest BCUT2D eigenvalue weighted by Crippen LogP contribution is -2.48. The summed E-state index contributed by atoms with van der Waals surface area (Å²) in [4.78, 5) is 41.6. The van der Waals surface area contributed by atoms with Gasteiger partial charge in [-0.15, -0.1) is 0 Å².